The zero-order chi connectivity index (χ0) is 72.2. The molecule has 0 aromatic heterocycles. The van der Waals surface area contributed by atoms with Crippen molar-refractivity contribution in [1.29, 1.82) is 0 Å². The largest absolute Gasteiger partial charge is 0.393 e. The first-order valence-electron chi connectivity index (χ1n) is 42.2. The third-order valence-electron chi connectivity index (χ3n) is 28.0. The van der Waals surface area contributed by atoms with E-state index >= 15 is 0 Å². The summed E-state index contributed by atoms with van der Waals surface area (Å²) in [5.41, 5.74) is 0. The third kappa shape index (κ3) is 34.7. The Bertz CT molecular complexity index is 1680. The minimum atomic E-state index is -0.0336. The van der Waals surface area contributed by atoms with Gasteiger partial charge in [0.05, 0.1) is 48.8 Å². The number of aliphatic hydroxyl groups is 8. The van der Waals surface area contributed by atoms with Gasteiger partial charge in [-0.15, -0.1) is 0 Å². The van der Waals surface area contributed by atoms with E-state index in [1.54, 1.807) is 0 Å². The first-order chi connectivity index (χ1) is 44.8. The summed E-state index contributed by atoms with van der Waals surface area (Å²) in [6.45, 7) is 51.9. The second-order valence-corrected chi connectivity index (χ2v) is 35.4. The van der Waals surface area contributed by atoms with E-state index in [1.807, 2.05) is 0 Å². The number of hydrogen-bond donors (Lipinski definition) is 8. The van der Waals surface area contributed by atoms with Gasteiger partial charge in [0.25, 0.3) is 0 Å². The minimum absolute atomic E-state index is 0.00120. The molecule has 8 N–H and O–H groups in total. The Balaban J connectivity index is 0.000000543. The topological polar surface area (TPSA) is 162 Å². The molecule has 0 aromatic carbocycles. The molecule has 8 fully saturated rings. The minimum Gasteiger partial charge on any atom is -0.393 e. The lowest BCUT2D eigenvalue weighted by Gasteiger charge is -2.36. The Morgan fingerprint density at radius 2 is 0.747 bits per heavy atom. The average molecular weight is 1350 g/mol. The molecule has 8 rings (SSSR count). The van der Waals surface area contributed by atoms with Crippen LogP contribution in [0.15, 0.2) is 0 Å². The van der Waals surface area contributed by atoms with Gasteiger partial charge in [-0.1, -0.05) is 243 Å². The Kier molecular flexibility index (Phi) is 49.7. The van der Waals surface area contributed by atoms with Crippen LogP contribution < -0.4 is 0 Å². The maximum Gasteiger partial charge on any atom is 0.0596 e. The number of aliphatic hydroxyl groups excluding tert-OH is 8. The van der Waals surface area contributed by atoms with Gasteiger partial charge in [-0.05, 0) is 265 Å². The summed E-state index contributed by atoms with van der Waals surface area (Å²) >= 11 is 0. The van der Waals surface area contributed by atoms with Crippen LogP contribution in [0.25, 0.3) is 0 Å². The predicted molar refractivity (Wildman–Crippen MR) is 411 cm³/mol. The Morgan fingerprint density at radius 3 is 1.26 bits per heavy atom. The molecule has 31 unspecified atom stereocenters. The molecule has 0 aliphatic heterocycles. The summed E-state index contributed by atoms with van der Waals surface area (Å²) in [5.74, 6) is 16.3. The average Bonchev–Trinajstić information content (AvgIpc) is 1.05. The molecule has 0 aromatic rings. The second kappa shape index (κ2) is 50.9. The van der Waals surface area contributed by atoms with Crippen LogP contribution in [0.3, 0.4) is 0 Å². The quantitative estimate of drug-likeness (QED) is 0.0758. The molecular formula is C87H174O8. The molecule has 8 saturated carbocycles. The van der Waals surface area contributed by atoms with Crippen LogP contribution >= 0.6 is 0 Å². The van der Waals surface area contributed by atoms with E-state index in [9.17, 15) is 40.9 Å². The van der Waals surface area contributed by atoms with Gasteiger partial charge in [0.1, 0.15) is 0 Å². The molecule has 0 saturated heterocycles. The van der Waals surface area contributed by atoms with Gasteiger partial charge in [0.2, 0.25) is 0 Å². The zero-order valence-corrected chi connectivity index (χ0v) is 67.8. The van der Waals surface area contributed by atoms with Crippen molar-refractivity contribution in [2.45, 2.75) is 420 Å². The van der Waals surface area contributed by atoms with Crippen molar-refractivity contribution in [2.24, 2.45) is 136 Å². The second-order valence-electron chi connectivity index (χ2n) is 35.4. The van der Waals surface area contributed by atoms with Crippen LogP contribution in [-0.2, 0) is 0 Å². The van der Waals surface area contributed by atoms with Gasteiger partial charge in [0.15, 0.2) is 0 Å². The Labute approximate surface area is 593 Å². The van der Waals surface area contributed by atoms with Crippen LogP contribution in [-0.4, -0.2) is 89.7 Å². The smallest absolute Gasteiger partial charge is 0.0596 e. The maximum absolute atomic E-state index is 9.94. The highest BCUT2D eigenvalue weighted by Gasteiger charge is 2.36. The Hall–Kier alpha value is -0.320. The van der Waals surface area contributed by atoms with Crippen molar-refractivity contribution in [3.05, 3.63) is 0 Å². The van der Waals surface area contributed by atoms with E-state index < -0.39 is 0 Å². The van der Waals surface area contributed by atoms with Gasteiger partial charge in [-0.3, -0.25) is 0 Å². The van der Waals surface area contributed by atoms with Crippen molar-refractivity contribution in [1.82, 2.24) is 0 Å². The summed E-state index contributed by atoms with van der Waals surface area (Å²) in [6.07, 6.45) is 39.2. The highest BCUT2D eigenvalue weighted by Crippen LogP contribution is 2.42. The lowest BCUT2D eigenvalue weighted by Crippen LogP contribution is -2.35. The van der Waals surface area contributed by atoms with Gasteiger partial charge < -0.3 is 40.9 Å². The molecule has 0 bridgehead atoms. The molecular weight excluding hydrogens is 1170 g/mol. The van der Waals surface area contributed by atoms with Crippen molar-refractivity contribution in [2.75, 3.05) is 0 Å². The van der Waals surface area contributed by atoms with Crippen LogP contribution in [0.5, 0.6) is 0 Å². The summed E-state index contributed by atoms with van der Waals surface area (Å²) in [5, 5.41) is 77.4. The number of rotatable bonds is 16. The van der Waals surface area contributed by atoms with E-state index in [0.29, 0.717) is 53.3 Å². The number of hydrogen-bond acceptors (Lipinski definition) is 8. The van der Waals surface area contributed by atoms with E-state index in [0.717, 1.165) is 141 Å². The molecule has 8 aliphatic rings. The van der Waals surface area contributed by atoms with Gasteiger partial charge in [0, 0.05) is 0 Å². The summed E-state index contributed by atoms with van der Waals surface area (Å²) in [4.78, 5) is 0. The van der Waals surface area contributed by atoms with Gasteiger partial charge >= 0.3 is 0 Å². The first-order valence-corrected chi connectivity index (χ1v) is 42.2. The van der Waals surface area contributed by atoms with E-state index in [-0.39, 0.29) is 48.8 Å². The summed E-state index contributed by atoms with van der Waals surface area (Å²) < 4.78 is 0. The monoisotopic (exact) mass is 1350 g/mol. The van der Waals surface area contributed by atoms with Crippen LogP contribution in [0.4, 0.5) is 0 Å². The third-order valence-corrected chi connectivity index (χ3v) is 28.0. The highest BCUT2D eigenvalue weighted by molar-refractivity contribution is 4.87. The molecule has 0 amide bonds. The van der Waals surface area contributed by atoms with E-state index in [2.05, 4.69) is 159 Å². The van der Waals surface area contributed by atoms with Crippen molar-refractivity contribution in [3.63, 3.8) is 0 Å². The van der Waals surface area contributed by atoms with Gasteiger partial charge in [-0.2, -0.15) is 0 Å². The molecule has 0 heterocycles. The summed E-state index contributed by atoms with van der Waals surface area (Å²) in [7, 11) is 0. The molecule has 31 atom stereocenters. The normalized spacial score (nSPS) is 39.4. The zero-order valence-electron chi connectivity index (χ0n) is 67.8. The fourth-order valence-corrected chi connectivity index (χ4v) is 18.9. The fraction of sp³-hybridized carbons (Fsp3) is 1.00. The maximum atomic E-state index is 9.94. The SMILES string of the molecule is CCC(C)C1CC(C)CC(O)C1.CCC(C)C1CCC(C)C(O)C1.CCC(C)C1CCC(C)CC1O.CCC(C)C1CCC(O)C(C)C1.CCC(C)C1CCC(O)CC1C.CCC(C)C1CCCC(C)C1O.CCC(C)C1CCCC(O)C1C.CCCC1C(C)CCCC1O. The molecule has 570 valence electrons. The Morgan fingerprint density at radius 1 is 0.274 bits per heavy atom. The van der Waals surface area contributed by atoms with E-state index in [4.69, 9.17) is 0 Å². The molecule has 8 aliphatic carbocycles. The van der Waals surface area contributed by atoms with Crippen molar-refractivity contribution in [3.8, 4) is 0 Å². The standard InChI is InChI=1S/7C11H22O.C10H20O/c1-4-9(3)10-5-8(2)6-11(12)7-10;1-4-9(3)10-6-5-8(2)7-11(10)12;1-4-8(2)11-6-5-10(12)7-9(11)3;1-4-8(2)10-5-6-11(12)9(3)7-10;1-4-8(2)10-6-5-9(3)11(12)7-10;1-4-8(2)10-6-5-7-11(12)9(10)3;1-4-8(2)10-7-5-6-9(3)11(10)12;1-3-5-9-8(2)6-4-7-10(9)11/h7*8-12H,4-7H2,1-3H3;8-11H,3-7H2,1-2H3. The van der Waals surface area contributed by atoms with Crippen LogP contribution in [0.1, 0.15) is 371 Å². The molecule has 8 nitrogen and oxygen atoms in total. The lowest BCUT2D eigenvalue weighted by atomic mass is 9.72. The van der Waals surface area contributed by atoms with Crippen molar-refractivity contribution >= 4 is 0 Å². The highest BCUT2D eigenvalue weighted by atomic mass is 16.3. The summed E-state index contributed by atoms with van der Waals surface area (Å²) in [6, 6.07) is 0. The molecule has 0 spiro atoms. The van der Waals surface area contributed by atoms with Crippen LogP contribution in [0, 0.1) is 136 Å². The van der Waals surface area contributed by atoms with Crippen molar-refractivity contribution < 1.29 is 40.9 Å². The van der Waals surface area contributed by atoms with Crippen LogP contribution in [0.2, 0.25) is 0 Å². The molecule has 95 heavy (non-hydrogen) atoms. The molecule has 0 radical (unpaired) electrons. The lowest BCUT2D eigenvalue weighted by molar-refractivity contribution is 0.000481. The van der Waals surface area contributed by atoms with E-state index in [1.165, 1.54) is 154 Å². The van der Waals surface area contributed by atoms with Gasteiger partial charge in [-0.25, -0.2) is 0 Å². The first kappa shape index (κ1) is 92.7. The fourth-order valence-electron chi connectivity index (χ4n) is 18.9. The molecule has 8 heteroatoms. The predicted octanol–water partition coefficient (Wildman–Crippen LogP) is 22.4.